The maximum absolute atomic E-state index is 13.3. The number of halogens is 2. The molecule has 1 aromatic rings. The summed E-state index contributed by atoms with van der Waals surface area (Å²) in [4.78, 5) is 13.2. The SMILES string of the molecule is O=C(NC(=S)N1CCCC(F)(F)C1)c1ccccc1. The highest BCUT2D eigenvalue weighted by Crippen LogP contribution is 2.26. The molecular formula is C13H14F2N2OS. The van der Waals surface area contributed by atoms with Gasteiger partial charge in [-0.2, -0.15) is 0 Å². The van der Waals surface area contributed by atoms with Gasteiger partial charge in [0.1, 0.15) is 0 Å². The third kappa shape index (κ3) is 3.70. The van der Waals surface area contributed by atoms with Gasteiger partial charge in [0, 0.05) is 18.5 Å². The number of benzene rings is 1. The first kappa shape index (κ1) is 13.9. The second kappa shape index (κ2) is 5.61. The predicted molar refractivity (Wildman–Crippen MR) is 72.3 cm³/mol. The molecule has 19 heavy (non-hydrogen) atoms. The van der Waals surface area contributed by atoms with Crippen molar-refractivity contribution >= 4 is 23.2 Å². The lowest BCUT2D eigenvalue weighted by Gasteiger charge is -2.33. The van der Waals surface area contributed by atoms with Gasteiger partial charge < -0.3 is 4.90 Å². The molecule has 0 aliphatic carbocycles. The lowest BCUT2D eigenvalue weighted by atomic mass is 10.1. The van der Waals surface area contributed by atoms with Crippen LogP contribution in [0.5, 0.6) is 0 Å². The van der Waals surface area contributed by atoms with Crippen molar-refractivity contribution in [1.29, 1.82) is 0 Å². The molecule has 0 saturated carbocycles. The molecule has 1 aliphatic rings. The quantitative estimate of drug-likeness (QED) is 0.804. The molecule has 0 bridgehead atoms. The van der Waals surface area contributed by atoms with Crippen LogP contribution in [0, 0.1) is 0 Å². The molecule has 1 fully saturated rings. The number of piperidine rings is 1. The number of carbonyl (C=O) groups excluding carboxylic acids is 1. The average Bonchev–Trinajstić information content (AvgIpc) is 2.38. The maximum atomic E-state index is 13.3. The molecular weight excluding hydrogens is 270 g/mol. The monoisotopic (exact) mass is 284 g/mol. The Morgan fingerprint density at radius 2 is 2.00 bits per heavy atom. The van der Waals surface area contributed by atoms with Crippen molar-refractivity contribution in [2.24, 2.45) is 0 Å². The zero-order valence-corrected chi connectivity index (χ0v) is 11.1. The fraction of sp³-hybridized carbons (Fsp3) is 0.385. The average molecular weight is 284 g/mol. The zero-order chi connectivity index (χ0) is 13.9. The molecule has 0 radical (unpaired) electrons. The van der Waals surface area contributed by atoms with E-state index >= 15 is 0 Å². The number of nitrogens with zero attached hydrogens (tertiary/aromatic N) is 1. The summed E-state index contributed by atoms with van der Waals surface area (Å²) in [5.41, 5.74) is 0.452. The Hall–Kier alpha value is -1.56. The summed E-state index contributed by atoms with van der Waals surface area (Å²) >= 11 is 5.01. The van der Waals surface area contributed by atoms with Crippen LogP contribution < -0.4 is 5.32 Å². The highest BCUT2D eigenvalue weighted by atomic mass is 32.1. The van der Waals surface area contributed by atoms with Gasteiger partial charge in [-0.3, -0.25) is 10.1 Å². The molecule has 1 amide bonds. The normalized spacial score (nSPS) is 17.9. The number of hydrogen-bond acceptors (Lipinski definition) is 2. The Morgan fingerprint density at radius 3 is 2.63 bits per heavy atom. The Morgan fingerprint density at radius 1 is 1.32 bits per heavy atom. The molecule has 0 spiro atoms. The zero-order valence-electron chi connectivity index (χ0n) is 10.2. The second-order valence-electron chi connectivity index (χ2n) is 4.51. The molecule has 0 unspecified atom stereocenters. The van der Waals surface area contributed by atoms with Gasteiger partial charge in [0.15, 0.2) is 5.11 Å². The topological polar surface area (TPSA) is 32.3 Å². The molecule has 1 aromatic carbocycles. The third-order valence-electron chi connectivity index (χ3n) is 2.94. The van der Waals surface area contributed by atoms with E-state index in [0.717, 1.165) is 0 Å². The van der Waals surface area contributed by atoms with Gasteiger partial charge in [0.05, 0.1) is 6.54 Å². The largest absolute Gasteiger partial charge is 0.343 e. The van der Waals surface area contributed by atoms with Crippen LogP contribution in [0.15, 0.2) is 30.3 Å². The molecule has 6 heteroatoms. The van der Waals surface area contributed by atoms with Crippen LogP contribution >= 0.6 is 12.2 Å². The van der Waals surface area contributed by atoms with E-state index in [9.17, 15) is 13.6 Å². The minimum absolute atomic E-state index is 0.0632. The second-order valence-corrected chi connectivity index (χ2v) is 4.89. The lowest BCUT2D eigenvalue weighted by molar-refractivity contribution is -0.0467. The standard InChI is InChI=1S/C13H14F2N2OS/c14-13(15)7-4-8-17(9-13)12(19)16-11(18)10-5-2-1-3-6-10/h1-3,5-6H,4,7-9H2,(H,16,18,19). The highest BCUT2D eigenvalue weighted by Gasteiger charge is 2.36. The molecule has 0 atom stereocenters. The molecule has 0 aromatic heterocycles. The fourth-order valence-electron chi connectivity index (χ4n) is 1.98. The molecule has 1 saturated heterocycles. The van der Waals surface area contributed by atoms with Crippen molar-refractivity contribution in [1.82, 2.24) is 10.2 Å². The van der Waals surface area contributed by atoms with Crippen LogP contribution in [0.4, 0.5) is 8.78 Å². The van der Waals surface area contributed by atoms with Crippen molar-refractivity contribution in [2.45, 2.75) is 18.8 Å². The number of thiocarbonyl (C=S) groups is 1. The minimum Gasteiger partial charge on any atom is -0.343 e. The van der Waals surface area contributed by atoms with E-state index in [0.29, 0.717) is 18.5 Å². The van der Waals surface area contributed by atoms with Gasteiger partial charge in [0.2, 0.25) is 0 Å². The van der Waals surface area contributed by atoms with Crippen LogP contribution in [0.3, 0.4) is 0 Å². The van der Waals surface area contributed by atoms with E-state index in [-0.39, 0.29) is 17.4 Å². The summed E-state index contributed by atoms with van der Waals surface area (Å²) in [6, 6.07) is 8.53. The summed E-state index contributed by atoms with van der Waals surface area (Å²) in [6.07, 6.45) is 0.243. The number of nitrogens with one attached hydrogen (secondary N) is 1. The van der Waals surface area contributed by atoms with Crippen LogP contribution in [0.2, 0.25) is 0 Å². The number of carbonyl (C=O) groups is 1. The number of amides is 1. The third-order valence-corrected chi connectivity index (χ3v) is 3.30. The van der Waals surface area contributed by atoms with Crippen LogP contribution in [0.25, 0.3) is 0 Å². The molecule has 1 aliphatic heterocycles. The summed E-state index contributed by atoms with van der Waals surface area (Å²) in [7, 11) is 0. The van der Waals surface area contributed by atoms with E-state index in [1.165, 1.54) is 4.90 Å². The predicted octanol–water partition coefficient (Wildman–Crippen LogP) is 2.43. The van der Waals surface area contributed by atoms with Crippen molar-refractivity contribution in [2.75, 3.05) is 13.1 Å². The Kier molecular flexibility index (Phi) is 4.09. The van der Waals surface area contributed by atoms with E-state index in [1.54, 1.807) is 30.3 Å². The first-order chi connectivity index (χ1) is 8.98. The number of likely N-dealkylation sites (tertiary alicyclic amines) is 1. The van der Waals surface area contributed by atoms with Crippen LogP contribution in [0.1, 0.15) is 23.2 Å². The van der Waals surface area contributed by atoms with Gasteiger partial charge in [-0.05, 0) is 30.8 Å². The number of alkyl halides is 2. The molecule has 2 rings (SSSR count). The van der Waals surface area contributed by atoms with Crippen molar-refractivity contribution in [3.8, 4) is 0 Å². The minimum atomic E-state index is -2.74. The maximum Gasteiger partial charge on any atom is 0.265 e. The van der Waals surface area contributed by atoms with Crippen molar-refractivity contribution < 1.29 is 13.6 Å². The van der Waals surface area contributed by atoms with Gasteiger partial charge in [-0.1, -0.05) is 18.2 Å². The van der Waals surface area contributed by atoms with Gasteiger partial charge in [0.25, 0.3) is 11.8 Å². The van der Waals surface area contributed by atoms with E-state index in [4.69, 9.17) is 12.2 Å². The Bertz CT molecular complexity index is 479. The first-order valence-corrected chi connectivity index (χ1v) is 6.42. The van der Waals surface area contributed by atoms with Gasteiger partial charge in [-0.15, -0.1) is 0 Å². The van der Waals surface area contributed by atoms with Crippen molar-refractivity contribution in [3.05, 3.63) is 35.9 Å². The fourth-order valence-corrected chi connectivity index (χ4v) is 2.23. The smallest absolute Gasteiger partial charge is 0.265 e. The molecule has 1 heterocycles. The summed E-state index contributed by atoms with van der Waals surface area (Å²) < 4.78 is 26.5. The van der Waals surface area contributed by atoms with Gasteiger partial charge >= 0.3 is 0 Å². The van der Waals surface area contributed by atoms with Gasteiger partial charge in [-0.25, -0.2) is 8.78 Å². The summed E-state index contributed by atoms with van der Waals surface area (Å²) in [6.45, 7) is 0.0183. The number of hydrogen-bond donors (Lipinski definition) is 1. The summed E-state index contributed by atoms with van der Waals surface area (Å²) in [5.74, 6) is -3.11. The lowest BCUT2D eigenvalue weighted by Crippen LogP contribution is -2.50. The Labute approximate surface area is 115 Å². The molecule has 102 valence electrons. The van der Waals surface area contributed by atoms with Crippen LogP contribution in [-0.2, 0) is 0 Å². The Balaban J connectivity index is 1.96. The molecule has 1 N–H and O–H groups in total. The van der Waals surface area contributed by atoms with E-state index < -0.39 is 12.5 Å². The van der Waals surface area contributed by atoms with E-state index in [2.05, 4.69) is 5.32 Å². The number of rotatable bonds is 1. The van der Waals surface area contributed by atoms with Crippen LogP contribution in [-0.4, -0.2) is 34.9 Å². The van der Waals surface area contributed by atoms with E-state index in [1.807, 2.05) is 0 Å². The first-order valence-electron chi connectivity index (χ1n) is 6.01. The highest BCUT2D eigenvalue weighted by molar-refractivity contribution is 7.80. The van der Waals surface area contributed by atoms with Crippen molar-refractivity contribution in [3.63, 3.8) is 0 Å². The summed E-state index contributed by atoms with van der Waals surface area (Å²) in [5, 5.41) is 2.55. The molecule has 3 nitrogen and oxygen atoms in total.